The highest BCUT2D eigenvalue weighted by molar-refractivity contribution is 9.10. The predicted molar refractivity (Wildman–Crippen MR) is 162 cm³/mol. The number of nitrogens with one attached hydrogen (secondary N) is 2. The van der Waals surface area contributed by atoms with Gasteiger partial charge in [0.05, 0.1) is 49.2 Å². The SMILES string of the molecule is CCOC(=O)C1=C(C)NC(C)C(C(=O)OCC)(c2ccccc2)C1Nc1nc(-c2cc(Br)c(OC)cc2OC)cs1. The summed E-state index contributed by atoms with van der Waals surface area (Å²) in [5.41, 5.74) is 1.69. The number of benzene rings is 2. The maximum atomic E-state index is 14.0. The molecule has 3 aromatic rings. The van der Waals surface area contributed by atoms with E-state index in [9.17, 15) is 9.59 Å². The number of rotatable bonds is 10. The van der Waals surface area contributed by atoms with Gasteiger partial charge >= 0.3 is 11.9 Å². The van der Waals surface area contributed by atoms with Crippen molar-refractivity contribution < 1.29 is 28.5 Å². The summed E-state index contributed by atoms with van der Waals surface area (Å²) in [4.78, 5) is 32.4. The zero-order chi connectivity index (χ0) is 29.7. The van der Waals surface area contributed by atoms with Gasteiger partial charge in [0.1, 0.15) is 16.9 Å². The zero-order valence-corrected chi connectivity index (χ0v) is 26.3. The van der Waals surface area contributed by atoms with Gasteiger partial charge in [0, 0.05) is 28.7 Å². The van der Waals surface area contributed by atoms with E-state index in [2.05, 4.69) is 26.6 Å². The fourth-order valence-corrected chi connectivity index (χ4v) is 6.56. The van der Waals surface area contributed by atoms with Crippen LogP contribution in [0.3, 0.4) is 0 Å². The van der Waals surface area contributed by atoms with Crippen LogP contribution in [0.2, 0.25) is 0 Å². The Kier molecular flexibility index (Phi) is 9.60. The Labute approximate surface area is 252 Å². The highest BCUT2D eigenvalue weighted by atomic mass is 79.9. The smallest absolute Gasteiger partial charge is 0.337 e. The maximum absolute atomic E-state index is 14.0. The number of methoxy groups -OCH3 is 2. The molecule has 218 valence electrons. The number of allylic oxidation sites excluding steroid dienone is 1. The third kappa shape index (κ3) is 5.65. The second kappa shape index (κ2) is 12.9. The molecule has 0 fully saturated rings. The van der Waals surface area contributed by atoms with E-state index in [1.807, 2.05) is 55.6 Å². The van der Waals surface area contributed by atoms with Crippen LogP contribution in [0.15, 0.2) is 63.6 Å². The van der Waals surface area contributed by atoms with E-state index in [4.69, 9.17) is 23.9 Å². The number of aromatic nitrogens is 1. The van der Waals surface area contributed by atoms with Crippen LogP contribution in [0.1, 0.15) is 33.3 Å². The third-order valence-electron chi connectivity index (χ3n) is 7.15. The number of carbonyl (C=O) groups excluding carboxylic acids is 2. The van der Waals surface area contributed by atoms with E-state index in [0.29, 0.717) is 39.2 Å². The number of thiazole rings is 1. The average molecular weight is 645 g/mol. The summed E-state index contributed by atoms with van der Waals surface area (Å²) in [7, 11) is 3.17. The van der Waals surface area contributed by atoms with Gasteiger partial charge in [-0.15, -0.1) is 11.3 Å². The first-order valence-electron chi connectivity index (χ1n) is 13.2. The summed E-state index contributed by atoms with van der Waals surface area (Å²) in [5.74, 6) is 0.231. The van der Waals surface area contributed by atoms with Gasteiger partial charge in [0.2, 0.25) is 0 Å². The summed E-state index contributed by atoms with van der Waals surface area (Å²) < 4.78 is 23.0. The molecule has 4 rings (SSSR count). The molecular weight excluding hydrogens is 610 g/mol. The molecule has 0 saturated heterocycles. The van der Waals surface area contributed by atoms with Crippen LogP contribution in [-0.4, -0.2) is 56.4 Å². The Morgan fingerprint density at radius 3 is 2.39 bits per heavy atom. The number of halogens is 1. The largest absolute Gasteiger partial charge is 0.496 e. The van der Waals surface area contributed by atoms with Crippen molar-refractivity contribution in [3.05, 3.63) is 69.2 Å². The molecule has 0 saturated carbocycles. The van der Waals surface area contributed by atoms with Gasteiger partial charge in [-0.05, 0) is 55.3 Å². The highest BCUT2D eigenvalue weighted by Crippen LogP contribution is 2.44. The van der Waals surface area contributed by atoms with Crippen LogP contribution in [0.25, 0.3) is 11.3 Å². The lowest BCUT2D eigenvalue weighted by atomic mass is 9.64. The monoisotopic (exact) mass is 643 g/mol. The van der Waals surface area contributed by atoms with E-state index >= 15 is 0 Å². The Hall–Kier alpha value is -3.57. The van der Waals surface area contributed by atoms with Gasteiger partial charge < -0.3 is 29.6 Å². The molecule has 0 bridgehead atoms. The van der Waals surface area contributed by atoms with E-state index in [1.165, 1.54) is 11.3 Å². The van der Waals surface area contributed by atoms with Crippen molar-refractivity contribution in [2.75, 3.05) is 32.8 Å². The van der Waals surface area contributed by atoms with Crippen LogP contribution in [0.5, 0.6) is 11.5 Å². The van der Waals surface area contributed by atoms with E-state index in [-0.39, 0.29) is 13.2 Å². The van der Waals surface area contributed by atoms with Crippen LogP contribution >= 0.6 is 27.3 Å². The van der Waals surface area contributed by atoms with Crippen molar-refractivity contribution in [3.63, 3.8) is 0 Å². The van der Waals surface area contributed by atoms with Crippen molar-refractivity contribution in [1.29, 1.82) is 0 Å². The Balaban J connectivity index is 1.89. The molecule has 1 aliphatic heterocycles. The summed E-state index contributed by atoms with van der Waals surface area (Å²) in [6.07, 6.45) is 0. The van der Waals surface area contributed by atoms with Crippen molar-refractivity contribution in [3.8, 4) is 22.8 Å². The molecule has 41 heavy (non-hydrogen) atoms. The molecule has 2 heterocycles. The van der Waals surface area contributed by atoms with Crippen LogP contribution in [-0.2, 0) is 24.5 Å². The summed E-state index contributed by atoms with van der Waals surface area (Å²) in [6.45, 7) is 7.60. The molecule has 3 atom stereocenters. The molecule has 0 radical (unpaired) electrons. The van der Waals surface area contributed by atoms with Gasteiger partial charge in [-0.25, -0.2) is 9.78 Å². The van der Waals surface area contributed by atoms with E-state index in [0.717, 1.165) is 10.0 Å². The van der Waals surface area contributed by atoms with Crippen molar-refractivity contribution >= 4 is 44.3 Å². The van der Waals surface area contributed by atoms with Gasteiger partial charge in [-0.3, -0.25) is 4.79 Å². The van der Waals surface area contributed by atoms with Gasteiger partial charge in [-0.1, -0.05) is 30.3 Å². The Morgan fingerprint density at radius 2 is 1.76 bits per heavy atom. The fraction of sp³-hybridized carbons (Fsp3) is 0.367. The molecule has 0 aliphatic carbocycles. The van der Waals surface area contributed by atoms with Gasteiger partial charge in [-0.2, -0.15) is 0 Å². The first-order chi connectivity index (χ1) is 19.7. The number of ether oxygens (including phenoxy) is 4. The lowest BCUT2D eigenvalue weighted by Gasteiger charge is -2.48. The summed E-state index contributed by atoms with van der Waals surface area (Å²) in [5, 5.41) is 9.21. The summed E-state index contributed by atoms with van der Waals surface area (Å²) in [6, 6.07) is 11.7. The van der Waals surface area contributed by atoms with Crippen molar-refractivity contribution in [2.45, 2.75) is 45.2 Å². The zero-order valence-electron chi connectivity index (χ0n) is 23.9. The second-order valence-corrected chi connectivity index (χ2v) is 11.1. The number of nitrogens with zero attached hydrogens (tertiary/aromatic N) is 1. The fourth-order valence-electron chi connectivity index (χ4n) is 5.32. The third-order valence-corrected chi connectivity index (χ3v) is 8.54. The van der Waals surface area contributed by atoms with Gasteiger partial charge in [0.15, 0.2) is 5.13 Å². The lowest BCUT2D eigenvalue weighted by Crippen LogP contribution is -2.66. The van der Waals surface area contributed by atoms with Crippen LogP contribution in [0, 0.1) is 0 Å². The molecule has 1 aromatic heterocycles. The number of hydrogen-bond donors (Lipinski definition) is 2. The van der Waals surface area contributed by atoms with Crippen molar-refractivity contribution in [2.24, 2.45) is 0 Å². The molecule has 0 amide bonds. The number of hydrogen-bond acceptors (Lipinski definition) is 10. The first-order valence-corrected chi connectivity index (χ1v) is 14.9. The molecule has 3 unspecified atom stereocenters. The molecule has 1 aliphatic rings. The lowest BCUT2D eigenvalue weighted by molar-refractivity contribution is -0.152. The molecule has 11 heteroatoms. The molecule has 9 nitrogen and oxygen atoms in total. The first kappa shape index (κ1) is 30.4. The van der Waals surface area contributed by atoms with E-state index < -0.39 is 29.4 Å². The molecule has 0 spiro atoms. The summed E-state index contributed by atoms with van der Waals surface area (Å²) >= 11 is 4.89. The number of carbonyl (C=O) groups is 2. The normalized spacial score (nSPS) is 20.2. The Bertz CT molecular complexity index is 1440. The number of anilines is 1. The second-order valence-electron chi connectivity index (χ2n) is 9.38. The van der Waals surface area contributed by atoms with E-state index in [1.54, 1.807) is 34.1 Å². The minimum Gasteiger partial charge on any atom is -0.496 e. The van der Waals surface area contributed by atoms with Crippen molar-refractivity contribution in [1.82, 2.24) is 10.3 Å². The quantitative estimate of drug-likeness (QED) is 0.269. The average Bonchev–Trinajstić information content (AvgIpc) is 3.42. The molecular formula is C30H34BrN3O6S. The Morgan fingerprint density at radius 1 is 1.07 bits per heavy atom. The molecule has 2 aromatic carbocycles. The standard InChI is InChI=1S/C30H34BrN3O6S/c1-7-39-27(35)25-17(3)32-18(4)30(28(36)40-8-2,19-12-10-9-11-13-19)26(25)34-29-33-22(16-41-29)20-14-21(31)24(38-6)15-23(20)37-5/h9-16,18,26,32H,7-8H2,1-6H3,(H,33,34). The van der Waals surface area contributed by atoms with Crippen LogP contribution < -0.4 is 20.1 Å². The van der Waals surface area contributed by atoms with Crippen LogP contribution in [0.4, 0.5) is 5.13 Å². The predicted octanol–water partition coefficient (Wildman–Crippen LogP) is 5.70. The molecule has 2 N–H and O–H groups in total. The maximum Gasteiger partial charge on any atom is 0.337 e. The minimum atomic E-state index is -1.33. The topological polar surface area (TPSA) is 108 Å². The number of esters is 2. The minimum absolute atomic E-state index is 0.178. The highest BCUT2D eigenvalue weighted by Gasteiger charge is 2.58. The van der Waals surface area contributed by atoms with Gasteiger partial charge in [0.25, 0.3) is 0 Å².